The van der Waals surface area contributed by atoms with Gasteiger partial charge in [0.1, 0.15) is 5.82 Å². The molecule has 1 amide bonds. The number of benzene rings is 2. The molecule has 26 heavy (non-hydrogen) atoms. The molecular formula is C19H22FN3O3. The van der Waals surface area contributed by atoms with Gasteiger partial charge in [-0.05, 0) is 36.1 Å². The molecule has 1 atom stereocenters. The van der Waals surface area contributed by atoms with Gasteiger partial charge < -0.3 is 10.6 Å². The lowest BCUT2D eigenvalue weighted by atomic mass is 9.96. The highest BCUT2D eigenvalue weighted by molar-refractivity contribution is 5.93. The standard InChI is InChI=1S/C19H22FN3O3/c1-12(2)19(14-5-7-15(20)8-6-14)21-11-18(24)22-17-10-16(23(25)26)9-4-13(17)3/h4-10,12,19,21H,11H2,1-3H3,(H,22,24)/t19-/m1/s1. The SMILES string of the molecule is Cc1ccc([N+](=O)[O-])cc1NC(=O)CN[C@@H](c1ccc(F)cc1)C(C)C. The smallest absolute Gasteiger partial charge is 0.271 e. The first-order valence-electron chi connectivity index (χ1n) is 8.31. The number of nitro groups is 1. The van der Waals surface area contributed by atoms with Gasteiger partial charge in [0, 0.05) is 18.2 Å². The number of halogens is 1. The minimum absolute atomic E-state index is 0.0301. The van der Waals surface area contributed by atoms with E-state index in [9.17, 15) is 19.3 Å². The lowest BCUT2D eigenvalue weighted by Crippen LogP contribution is -2.33. The van der Waals surface area contributed by atoms with Crippen LogP contribution in [0.2, 0.25) is 0 Å². The van der Waals surface area contributed by atoms with Crippen LogP contribution in [0.4, 0.5) is 15.8 Å². The Hall–Kier alpha value is -2.80. The lowest BCUT2D eigenvalue weighted by molar-refractivity contribution is -0.384. The van der Waals surface area contributed by atoms with Crippen molar-refractivity contribution in [1.82, 2.24) is 5.32 Å². The zero-order chi connectivity index (χ0) is 19.3. The Bertz CT molecular complexity index is 791. The van der Waals surface area contributed by atoms with Crippen molar-refractivity contribution < 1.29 is 14.1 Å². The Morgan fingerprint density at radius 1 is 1.19 bits per heavy atom. The van der Waals surface area contributed by atoms with Crippen molar-refractivity contribution in [2.24, 2.45) is 5.92 Å². The van der Waals surface area contributed by atoms with Crippen LogP contribution in [0.15, 0.2) is 42.5 Å². The molecule has 0 aliphatic carbocycles. The fourth-order valence-corrected chi connectivity index (χ4v) is 2.66. The fourth-order valence-electron chi connectivity index (χ4n) is 2.66. The van der Waals surface area contributed by atoms with Crippen molar-refractivity contribution in [3.05, 3.63) is 69.5 Å². The summed E-state index contributed by atoms with van der Waals surface area (Å²) in [5.41, 5.74) is 1.96. The molecule has 138 valence electrons. The second kappa shape index (κ2) is 8.53. The quantitative estimate of drug-likeness (QED) is 0.579. The van der Waals surface area contributed by atoms with Crippen LogP contribution < -0.4 is 10.6 Å². The molecule has 7 heteroatoms. The number of carbonyl (C=O) groups is 1. The van der Waals surface area contributed by atoms with E-state index in [2.05, 4.69) is 10.6 Å². The highest BCUT2D eigenvalue weighted by Crippen LogP contribution is 2.23. The second-order valence-corrected chi connectivity index (χ2v) is 6.46. The summed E-state index contributed by atoms with van der Waals surface area (Å²) in [6.07, 6.45) is 0. The van der Waals surface area contributed by atoms with Crippen molar-refractivity contribution in [3.63, 3.8) is 0 Å². The summed E-state index contributed by atoms with van der Waals surface area (Å²) in [5, 5.41) is 16.7. The monoisotopic (exact) mass is 359 g/mol. The maximum atomic E-state index is 13.1. The van der Waals surface area contributed by atoms with Gasteiger partial charge in [-0.15, -0.1) is 0 Å². The first kappa shape index (κ1) is 19.5. The van der Waals surface area contributed by atoms with Crippen LogP contribution in [0.1, 0.15) is 31.0 Å². The summed E-state index contributed by atoms with van der Waals surface area (Å²) in [4.78, 5) is 22.6. The summed E-state index contributed by atoms with van der Waals surface area (Å²) < 4.78 is 13.1. The molecular weight excluding hydrogens is 337 g/mol. The lowest BCUT2D eigenvalue weighted by Gasteiger charge is -2.23. The number of rotatable bonds is 7. The molecule has 2 N–H and O–H groups in total. The average Bonchev–Trinajstić information content (AvgIpc) is 2.58. The van der Waals surface area contributed by atoms with E-state index in [1.807, 2.05) is 13.8 Å². The van der Waals surface area contributed by atoms with Gasteiger partial charge in [0.2, 0.25) is 5.91 Å². The number of nitrogens with one attached hydrogen (secondary N) is 2. The van der Waals surface area contributed by atoms with Gasteiger partial charge >= 0.3 is 0 Å². The minimum Gasteiger partial charge on any atom is -0.324 e. The molecule has 2 rings (SSSR count). The van der Waals surface area contributed by atoms with E-state index < -0.39 is 4.92 Å². The maximum Gasteiger partial charge on any atom is 0.271 e. The molecule has 0 aliphatic rings. The van der Waals surface area contributed by atoms with Crippen LogP contribution in [-0.2, 0) is 4.79 Å². The Labute approximate surface area is 151 Å². The number of hydrogen-bond acceptors (Lipinski definition) is 4. The normalized spacial score (nSPS) is 12.0. The van der Waals surface area contributed by atoms with E-state index in [1.54, 1.807) is 25.1 Å². The van der Waals surface area contributed by atoms with Gasteiger partial charge in [-0.2, -0.15) is 0 Å². The number of anilines is 1. The number of nitrogens with zero attached hydrogens (tertiary/aromatic N) is 1. The van der Waals surface area contributed by atoms with Crippen LogP contribution in [-0.4, -0.2) is 17.4 Å². The van der Waals surface area contributed by atoms with Crippen LogP contribution in [0.3, 0.4) is 0 Å². The van der Waals surface area contributed by atoms with Gasteiger partial charge in [0.05, 0.1) is 17.2 Å². The van der Waals surface area contributed by atoms with Gasteiger partial charge in [0.15, 0.2) is 0 Å². The topological polar surface area (TPSA) is 84.3 Å². The minimum atomic E-state index is -0.503. The predicted molar refractivity (Wildman–Crippen MR) is 98.4 cm³/mol. The average molecular weight is 359 g/mol. The van der Waals surface area contributed by atoms with E-state index >= 15 is 0 Å². The maximum absolute atomic E-state index is 13.1. The number of aryl methyl sites for hydroxylation is 1. The Balaban J connectivity index is 2.04. The number of hydrogen-bond donors (Lipinski definition) is 2. The first-order valence-corrected chi connectivity index (χ1v) is 8.31. The number of carbonyl (C=O) groups excluding carboxylic acids is 1. The van der Waals surface area contributed by atoms with E-state index in [-0.39, 0.29) is 35.9 Å². The summed E-state index contributed by atoms with van der Waals surface area (Å²) in [7, 11) is 0. The zero-order valence-corrected chi connectivity index (χ0v) is 15.0. The molecule has 0 radical (unpaired) electrons. The Kier molecular flexibility index (Phi) is 6.41. The Morgan fingerprint density at radius 2 is 1.85 bits per heavy atom. The molecule has 0 spiro atoms. The van der Waals surface area contributed by atoms with Crippen molar-refractivity contribution in [3.8, 4) is 0 Å². The third-order valence-electron chi connectivity index (χ3n) is 4.08. The molecule has 0 aromatic heterocycles. The number of amides is 1. The molecule has 2 aromatic carbocycles. The third-order valence-corrected chi connectivity index (χ3v) is 4.08. The van der Waals surface area contributed by atoms with Gasteiger partial charge in [-0.25, -0.2) is 4.39 Å². The van der Waals surface area contributed by atoms with Crippen LogP contribution in [0, 0.1) is 28.8 Å². The first-order chi connectivity index (χ1) is 12.3. The predicted octanol–water partition coefficient (Wildman–Crippen LogP) is 3.97. The molecule has 0 bridgehead atoms. The van der Waals surface area contributed by atoms with E-state index in [0.29, 0.717) is 5.69 Å². The molecule has 0 saturated carbocycles. The van der Waals surface area contributed by atoms with Gasteiger partial charge in [-0.3, -0.25) is 14.9 Å². The third kappa shape index (κ3) is 5.10. The van der Waals surface area contributed by atoms with Crippen LogP contribution in [0.25, 0.3) is 0 Å². The number of non-ortho nitro benzene ring substituents is 1. The molecule has 0 aliphatic heterocycles. The number of nitro benzene ring substituents is 1. The van der Waals surface area contributed by atoms with Crippen LogP contribution in [0.5, 0.6) is 0 Å². The van der Waals surface area contributed by atoms with Crippen LogP contribution >= 0.6 is 0 Å². The molecule has 6 nitrogen and oxygen atoms in total. The molecule has 0 fully saturated rings. The van der Waals surface area contributed by atoms with Crippen molar-refractivity contribution in [2.75, 3.05) is 11.9 Å². The molecule has 0 unspecified atom stereocenters. The highest BCUT2D eigenvalue weighted by Gasteiger charge is 2.17. The molecule has 0 heterocycles. The van der Waals surface area contributed by atoms with Crippen molar-refractivity contribution in [2.45, 2.75) is 26.8 Å². The zero-order valence-electron chi connectivity index (χ0n) is 15.0. The fraction of sp³-hybridized carbons (Fsp3) is 0.316. The molecule has 0 saturated heterocycles. The van der Waals surface area contributed by atoms with Crippen molar-refractivity contribution >= 4 is 17.3 Å². The van der Waals surface area contributed by atoms with Gasteiger partial charge in [-0.1, -0.05) is 32.0 Å². The molecule has 2 aromatic rings. The second-order valence-electron chi connectivity index (χ2n) is 6.46. The highest BCUT2D eigenvalue weighted by atomic mass is 19.1. The summed E-state index contributed by atoms with van der Waals surface area (Å²) in [5.74, 6) is -0.427. The summed E-state index contributed by atoms with van der Waals surface area (Å²) >= 11 is 0. The van der Waals surface area contributed by atoms with E-state index in [4.69, 9.17) is 0 Å². The van der Waals surface area contributed by atoms with Crippen molar-refractivity contribution in [1.29, 1.82) is 0 Å². The summed E-state index contributed by atoms with van der Waals surface area (Å²) in [6.45, 7) is 5.80. The van der Waals surface area contributed by atoms with E-state index in [0.717, 1.165) is 11.1 Å². The largest absolute Gasteiger partial charge is 0.324 e. The van der Waals surface area contributed by atoms with Gasteiger partial charge in [0.25, 0.3) is 5.69 Å². The Morgan fingerprint density at radius 3 is 2.42 bits per heavy atom. The summed E-state index contributed by atoms with van der Waals surface area (Å²) in [6, 6.07) is 10.4. The van der Waals surface area contributed by atoms with E-state index in [1.165, 1.54) is 24.3 Å².